The van der Waals surface area contributed by atoms with Gasteiger partial charge in [0.15, 0.2) is 0 Å². The first-order valence-electron chi connectivity index (χ1n) is 8.75. The molecule has 138 valence electrons. The van der Waals surface area contributed by atoms with E-state index in [0.717, 1.165) is 27.7 Å². The third-order valence-corrected chi connectivity index (χ3v) is 5.82. The van der Waals surface area contributed by atoms with Crippen LogP contribution in [0, 0.1) is 13.8 Å². The van der Waals surface area contributed by atoms with Crippen LogP contribution in [0.2, 0.25) is 0 Å². The molecule has 3 aromatic rings. The number of hydrogen-bond donors (Lipinski definition) is 1. The second kappa shape index (κ2) is 7.08. The molecule has 0 aliphatic carbocycles. The molecule has 2 heterocycles. The van der Waals surface area contributed by atoms with Gasteiger partial charge in [-0.3, -0.25) is 19.7 Å². The molecule has 6 nitrogen and oxygen atoms in total. The summed E-state index contributed by atoms with van der Waals surface area (Å²) in [6.45, 7) is 4.00. The first-order chi connectivity index (χ1) is 13.0. The molecule has 1 saturated heterocycles. The molecule has 1 aliphatic heterocycles. The number of hydrogen-bond acceptors (Lipinski definition) is 4. The normalized spacial score (nSPS) is 16.9. The third-order valence-electron chi connectivity index (χ3n) is 4.61. The number of nitrogens with one attached hydrogen (secondary N) is 1. The van der Waals surface area contributed by atoms with Crippen LogP contribution in [0.5, 0.6) is 0 Å². The fourth-order valence-electron chi connectivity index (χ4n) is 3.24. The van der Waals surface area contributed by atoms with Crippen molar-refractivity contribution in [2.75, 3.05) is 5.75 Å². The van der Waals surface area contributed by atoms with E-state index in [9.17, 15) is 9.59 Å². The number of thioether (sulfide) groups is 1. The van der Waals surface area contributed by atoms with Crippen LogP contribution in [-0.4, -0.2) is 32.4 Å². The number of fused-ring (bicyclic) bond motifs is 1. The molecule has 1 fully saturated rings. The molecule has 4 rings (SSSR count). The van der Waals surface area contributed by atoms with E-state index in [2.05, 4.69) is 10.5 Å². The maximum Gasteiger partial charge on any atom is 0.260 e. The van der Waals surface area contributed by atoms with Crippen molar-refractivity contribution in [2.45, 2.75) is 25.8 Å². The second-order valence-electron chi connectivity index (χ2n) is 6.63. The lowest BCUT2D eigenvalue weighted by Gasteiger charge is -2.24. The van der Waals surface area contributed by atoms with Gasteiger partial charge in [-0.1, -0.05) is 48.0 Å². The largest absolute Gasteiger partial charge is 0.272 e. The van der Waals surface area contributed by atoms with Gasteiger partial charge in [-0.25, -0.2) is 5.01 Å². The van der Waals surface area contributed by atoms with Gasteiger partial charge in [-0.2, -0.15) is 5.10 Å². The maximum absolute atomic E-state index is 12.6. The number of amides is 2. The molecular formula is C20H20N4O2S. The number of aromatic nitrogens is 2. The number of rotatable bonds is 4. The van der Waals surface area contributed by atoms with Gasteiger partial charge in [-0.15, -0.1) is 11.8 Å². The summed E-state index contributed by atoms with van der Waals surface area (Å²) in [6, 6.07) is 15.8. The number of benzene rings is 2. The molecule has 0 bridgehead atoms. The van der Waals surface area contributed by atoms with Crippen molar-refractivity contribution in [3.63, 3.8) is 0 Å². The first-order valence-corrected chi connectivity index (χ1v) is 9.79. The van der Waals surface area contributed by atoms with Crippen LogP contribution < -0.4 is 5.43 Å². The zero-order valence-corrected chi connectivity index (χ0v) is 16.0. The Morgan fingerprint density at radius 1 is 1.19 bits per heavy atom. The monoisotopic (exact) mass is 380 g/mol. The molecule has 2 amide bonds. The quantitative estimate of drug-likeness (QED) is 0.756. The molecule has 2 aromatic carbocycles. The van der Waals surface area contributed by atoms with E-state index < -0.39 is 0 Å². The van der Waals surface area contributed by atoms with Crippen molar-refractivity contribution >= 4 is 34.5 Å². The number of nitrogens with zero attached hydrogens (tertiary/aromatic N) is 3. The first kappa shape index (κ1) is 17.6. The van der Waals surface area contributed by atoms with Crippen molar-refractivity contribution in [1.82, 2.24) is 20.2 Å². The summed E-state index contributed by atoms with van der Waals surface area (Å²) in [7, 11) is 0. The predicted octanol–water partition coefficient (Wildman–Crippen LogP) is 2.96. The van der Waals surface area contributed by atoms with Crippen LogP contribution in [0.15, 0.2) is 48.5 Å². The Kier molecular flexibility index (Phi) is 4.61. The van der Waals surface area contributed by atoms with Crippen LogP contribution in [-0.2, 0) is 16.1 Å². The molecule has 1 aliphatic rings. The van der Waals surface area contributed by atoms with Crippen LogP contribution in [0.3, 0.4) is 0 Å². The minimum Gasteiger partial charge on any atom is -0.272 e. The zero-order valence-electron chi connectivity index (χ0n) is 15.2. The fraction of sp³-hybridized carbons (Fsp3) is 0.250. The highest BCUT2D eigenvalue weighted by molar-refractivity contribution is 8.00. The Hall–Kier alpha value is -2.80. The Labute approximate surface area is 161 Å². The lowest BCUT2D eigenvalue weighted by atomic mass is 10.1. The molecule has 1 atom stereocenters. The summed E-state index contributed by atoms with van der Waals surface area (Å²) in [4.78, 5) is 24.9. The minimum atomic E-state index is -0.267. The lowest BCUT2D eigenvalue weighted by molar-refractivity contribution is -0.139. The molecule has 1 unspecified atom stereocenters. The average molecular weight is 380 g/mol. The smallest absolute Gasteiger partial charge is 0.260 e. The molecule has 0 spiro atoms. The lowest BCUT2D eigenvalue weighted by Crippen LogP contribution is -2.45. The summed E-state index contributed by atoms with van der Waals surface area (Å²) in [5.74, 6) is -0.0144. The van der Waals surface area contributed by atoms with Gasteiger partial charge in [-0.05, 0) is 25.5 Å². The molecule has 27 heavy (non-hydrogen) atoms. The van der Waals surface area contributed by atoms with Crippen molar-refractivity contribution in [3.8, 4) is 0 Å². The number of carbonyl (C=O) groups is 2. The van der Waals surface area contributed by atoms with Crippen LogP contribution in [0.1, 0.15) is 22.2 Å². The van der Waals surface area contributed by atoms with Crippen molar-refractivity contribution in [2.24, 2.45) is 0 Å². The van der Waals surface area contributed by atoms with E-state index in [0.29, 0.717) is 5.75 Å². The summed E-state index contributed by atoms with van der Waals surface area (Å²) in [5.41, 5.74) is 6.72. The van der Waals surface area contributed by atoms with Crippen LogP contribution in [0.25, 0.3) is 10.9 Å². The van der Waals surface area contributed by atoms with Gasteiger partial charge in [0, 0.05) is 5.39 Å². The summed E-state index contributed by atoms with van der Waals surface area (Å²) < 4.78 is 1.68. The van der Waals surface area contributed by atoms with E-state index in [1.807, 2.05) is 62.4 Å². The highest BCUT2D eigenvalue weighted by Crippen LogP contribution is 2.37. The highest BCUT2D eigenvalue weighted by Gasteiger charge is 2.34. The standard InChI is InChI=1S/C20H20N4O2S/c1-13-7-9-15(10-8-13)20-24(19(26)12-27-20)22-18(25)11-23-17-6-4-3-5-16(17)14(2)21-23/h3-10,20H,11-12H2,1-2H3,(H,22,25). The molecular weight excluding hydrogens is 360 g/mol. The van der Waals surface area contributed by atoms with Crippen LogP contribution >= 0.6 is 11.8 Å². The molecule has 1 N–H and O–H groups in total. The minimum absolute atomic E-state index is 0.0589. The van der Waals surface area contributed by atoms with Crippen molar-refractivity contribution < 1.29 is 9.59 Å². The second-order valence-corrected chi connectivity index (χ2v) is 7.70. The fourth-order valence-corrected chi connectivity index (χ4v) is 4.35. The van der Waals surface area contributed by atoms with Gasteiger partial charge < -0.3 is 0 Å². The number of carbonyl (C=O) groups excluding carboxylic acids is 2. The Morgan fingerprint density at radius 2 is 1.93 bits per heavy atom. The SMILES string of the molecule is Cc1ccc(C2SCC(=O)N2NC(=O)Cn2nc(C)c3ccccc32)cc1. The zero-order chi connectivity index (χ0) is 19.0. The summed E-state index contributed by atoms with van der Waals surface area (Å²) in [5, 5.41) is 6.71. The topological polar surface area (TPSA) is 67.2 Å². The predicted molar refractivity (Wildman–Crippen MR) is 106 cm³/mol. The highest BCUT2D eigenvalue weighted by atomic mass is 32.2. The number of aryl methyl sites for hydroxylation is 2. The van der Waals surface area contributed by atoms with Crippen LogP contribution in [0.4, 0.5) is 0 Å². The van der Waals surface area contributed by atoms with E-state index in [1.165, 1.54) is 16.8 Å². The van der Waals surface area contributed by atoms with Crippen molar-refractivity contribution in [1.29, 1.82) is 0 Å². The average Bonchev–Trinajstić information content (AvgIpc) is 3.17. The summed E-state index contributed by atoms with van der Waals surface area (Å²) in [6.07, 6.45) is 0. The summed E-state index contributed by atoms with van der Waals surface area (Å²) >= 11 is 1.51. The number of para-hydroxylation sites is 1. The van der Waals surface area contributed by atoms with Gasteiger partial charge in [0.05, 0.1) is 17.0 Å². The van der Waals surface area contributed by atoms with E-state index in [-0.39, 0.29) is 23.7 Å². The Morgan fingerprint density at radius 3 is 2.70 bits per heavy atom. The van der Waals surface area contributed by atoms with E-state index in [4.69, 9.17) is 0 Å². The Bertz CT molecular complexity index is 1010. The van der Waals surface area contributed by atoms with Gasteiger partial charge in [0.25, 0.3) is 11.8 Å². The van der Waals surface area contributed by atoms with Gasteiger partial charge in [0.2, 0.25) is 0 Å². The third kappa shape index (κ3) is 3.42. The molecule has 0 saturated carbocycles. The van der Waals surface area contributed by atoms with Crippen molar-refractivity contribution in [3.05, 3.63) is 65.4 Å². The van der Waals surface area contributed by atoms with Gasteiger partial charge in [0.1, 0.15) is 11.9 Å². The maximum atomic E-state index is 12.6. The number of hydrazine groups is 1. The Balaban J connectivity index is 1.52. The van der Waals surface area contributed by atoms with E-state index in [1.54, 1.807) is 4.68 Å². The molecule has 1 aromatic heterocycles. The molecule has 0 radical (unpaired) electrons. The van der Waals surface area contributed by atoms with Gasteiger partial charge >= 0.3 is 0 Å². The van der Waals surface area contributed by atoms with E-state index >= 15 is 0 Å². The molecule has 7 heteroatoms.